The van der Waals surface area contributed by atoms with Crippen LogP contribution in [0.15, 0.2) is 18.2 Å². The van der Waals surface area contributed by atoms with E-state index in [1.54, 1.807) is 18.2 Å². The molecule has 0 unspecified atom stereocenters. The van der Waals surface area contributed by atoms with Crippen molar-refractivity contribution >= 4 is 11.6 Å². The fourth-order valence-electron chi connectivity index (χ4n) is 1.50. The largest absolute Gasteiger partial charge is 0.494 e. The third kappa shape index (κ3) is 4.63. The number of hydrogen-bond acceptors (Lipinski definition) is 4. The van der Waals surface area contributed by atoms with E-state index in [-0.39, 0.29) is 5.91 Å². The van der Waals surface area contributed by atoms with Crippen molar-refractivity contribution in [3.8, 4) is 5.75 Å². The molecule has 0 aliphatic carbocycles. The molecule has 0 fully saturated rings. The molecule has 1 rings (SSSR count). The van der Waals surface area contributed by atoms with Crippen molar-refractivity contribution in [1.29, 1.82) is 0 Å². The van der Waals surface area contributed by atoms with Crippen LogP contribution < -0.4 is 15.8 Å². The van der Waals surface area contributed by atoms with E-state index in [0.717, 1.165) is 6.54 Å². The van der Waals surface area contributed by atoms with Crippen molar-refractivity contribution in [3.05, 3.63) is 23.8 Å². The maximum absolute atomic E-state index is 11.9. The van der Waals surface area contributed by atoms with Gasteiger partial charge in [-0.25, -0.2) is 0 Å². The lowest BCUT2D eigenvalue weighted by atomic mass is 10.1. The lowest BCUT2D eigenvalue weighted by molar-refractivity contribution is 0.0950. The number of nitrogens with one attached hydrogen (secondary N) is 1. The van der Waals surface area contributed by atoms with Gasteiger partial charge >= 0.3 is 0 Å². The second kappa shape index (κ2) is 6.86. The van der Waals surface area contributed by atoms with Crippen LogP contribution in [0.25, 0.3) is 0 Å². The molecule has 1 aromatic carbocycles. The van der Waals surface area contributed by atoms with Gasteiger partial charge in [-0.3, -0.25) is 4.79 Å². The van der Waals surface area contributed by atoms with Gasteiger partial charge in [-0.2, -0.15) is 0 Å². The summed E-state index contributed by atoms with van der Waals surface area (Å²) in [4.78, 5) is 13.9. The van der Waals surface area contributed by atoms with E-state index < -0.39 is 0 Å². The first kappa shape index (κ1) is 14.3. The standard InChI is InChI=1S/C13H21N3O2/c1-4-18-12-8-10(7-11(14)9-12)13(17)15-5-6-16(2)3/h7-9H,4-6,14H2,1-3H3,(H,15,17). The average Bonchev–Trinajstić information content (AvgIpc) is 2.28. The van der Waals surface area contributed by atoms with Gasteiger partial charge in [0.15, 0.2) is 0 Å². The smallest absolute Gasteiger partial charge is 0.251 e. The van der Waals surface area contributed by atoms with Crippen LogP contribution >= 0.6 is 0 Å². The monoisotopic (exact) mass is 251 g/mol. The summed E-state index contributed by atoms with van der Waals surface area (Å²) in [7, 11) is 3.92. The molecule has 0 saturated heterocycles. The zero-order chi connectivity index (χ0) is 13.5. The van der Waals surface area contributed by atoms with Gasteiger partial charge in [0, 0.05) is 30.4 Å². The molecule has 0 radical (unpaired) electrons. The molecular weight excluding hydrogens is 230 g/mol. The minimum Gasteiger partial charge on any atom is -0.494 e. The number of hydrogen-bond donors (Lipinski definition) is 2. The van der Waals surface area contributed by atoms with E-state index in [4.69, 9.17) is 10.5 Å². The Balaban J connectivity index is 2.66. The number of carbonyl (C=O) groups excluding carboxylic acids is 1. The third-order valence-electron chi connectivity index (χ3n) is 2.35. The van der Waals surface area contributed by atoms with Crippen molar-refractivity contribution < 1.29 is 9.53 Å². The molecule has 18 heavy (non-hydrogen) atoms. The Kier molecular flexibility index (Phi) is 5.45. The molecule has 0 bridgehead atoms. The Bertz CT molecular complexity index is 405. The Morgan fingerprint density at radius 3 is 2.72 bits per heavy atom. The summed E-state index contributed by atoms with van der Waals surface area (Å²) < 4.78 is 5.35. The summed E-state index contributed by atoms with van der Waals surface area (Å²) in [6.07, 6.45) is 0. The number of carbonyl (C=O) groups is 1. The molecule has 0 atom stereocenters. The lowest BCUT2D eigenvalue weighted by Crippen LogP contribution is -2.31. The Labute approximate surface area is 108 Å². The molecule has 5 nitrogen and oxygen atoms in total. The first-order valence-corrected chi connectivity index (χ1v) is 5.99. The second-order valence-electron chi connectivity index (χ2n) is 4.28. The fraction of sp³-hybridized carbons (Fsp3) is 0.462. The first-order chi connectivity index (χ1) is 8.52. The summed E-state index contributed by atoms with van der Waals surface area (Å²) in [6, 6.07) is 5.05. The summed E-state index contributed by atoms with van der Waals surface area (Å²) >= 11 is 0. The van der Waals surface area contributed by atoms with Gasteiger partial charge in [-0.15, -0.1) is 0 Å². The molecule has 5 heteroatoms. The van der Waals surface area contributed by atoms with E-state index >= 15 is 0 Å². The number of nitrogens with two attached hydrogens (primary N) is 1. The highest BCUT2D eigenvalue weighted by Gasteiger charge is 2.08. The SMILES string of the molecule is CCOc1cc(N)cc(C(=O)NCCN(C)C)c1. The van der Waals surface area contributed by atoms with Gasteiger partial charge in [0.1, 0.15) is 5.75 Å². The van der Waals surface area contributed by atoms with Crippen LogP contribution in [0.2, 0.25) is 0 Å². The molecule has 0 aromatic heterocycles. The van der Waals surface area contributed by atoms with Gasteiger partial charge < -0.3 is 20.7 Å². The van der Waals surface area contributed by atoms with Gasteiger partial charge in [-0.1, -0.05) is 0 Å². The predicted octanol–water partition coefficient (Wildman–Crippen LogP) is 0.959. The maximum atomic E-state index is 11.9. The third-order valence-corrected chi connectivity index (χ3v) is 2.35. The van der Waals surface area contributed by atoms with Crippen LogP contribution in [0.4, 0.5) is 5.69 Å². The molecule has 0 saturated carbocycles. The lowest BCUT2D eigenvalue weighted by Gasteiger charge is -2.11. The molecule has 0 aliphatic heterocycles. The van der Waals surface area contributed by atoms with Crippen molar-refractivity contribution in [1.82, 2.24) is 10.2 Å². The number of ether oxygens (including phenoxy) is 1. The topological polar surface area (TPSA) is 67.6 Å². The molecular formula is C13H21N3O2. The Hall–Kier alpha value is -1.75. The van der Waals surface area contributed by atoms with Crippen LogP contribution in [0.1, 0.15) is 17.3 Å². The number of nitrogens with zero attached hydrogens (tertiary/aromatic N) is 1. The maximum Gasteiger partial charge on any atom is 0.251 e. The summed E-state index contributed by atoms with van der Waals surface area (Å²) in [5, 5.41) is 2.84. The number of rotatable bonds is 6. The van der Waals surface area contributed by atoms with Crippen molar-refractivity contribution in [2.75, 3.05) is 39.5 Å². The molecule has 3 N–H and O–H groups in total. The van der Waals surface area contributed by atoms with Gasteiger partial charge in [0.25, 0.3) is 5.91 Å². The number of likely N-dealkylation sites (N-methyl/N-ethyl adjacent to an activating group) is 1. The Morgan fingerprint density at radius 1 is 1.39 bits per heavy atom. The number of anilines is 1. The summed E-state index contributed by atoms with van der Waals surface area (Å²) in [6.45, 7) is 3.84. The molecule has 0 aliphatic rings. The molecule has 0 heterocycles. The highest BCUT2D eigenvalue weighted by Crippen LogP contribution is 2.18. The Morgan fingerprint density at radius 2 is 2.11 bits per heavy atom. The molecule has 1 amide bonds. The van der Waals surface area contributed by atoms with Crippen molar-refractivity contribution in [3.63, 3.8) is 0 Å². The van der Waals surface area contributed by atoms with Gasteiger partial charge in [0.2, 0.25) is 0 Å². The molecule has 0 spiro atoms. The van der Waals surface area contributed by atoms with Crippen LogP contribution in [0, 0.1) is 0 Å². The fourth-order valence-corrected chi connectivity index (χ4v) is 1.50. The minimum absolute atomic E-state index is 0.134. The second-order valence-corrected chi connectivity index (χ2v) is 4.28. The zero-order valence-electron chi connectivity index (χ0n) is 11.2. The van der Waals surface area contributed by atoms with Crippen LogP contribution in [-0.2, 0) is 0 Å². The average molecular weight is 251 g/mol. The van der Waals surface area contributed by atoms with E-state index in [0.29, 0.717) is 30.2 Å². The number of nitrogen functional groups attached to an aromatic ring is 1. The van der Waals surface area contributed by atoms with Crippen molar-refractivity contribution in [2.45, 2.75) is 6.92 Å². The van der Waals surface area contributed by atoms with Gasteiger partial charge in [0.05, 0.1) is 6.61 Å². The minimum atomic E-state index is -0.134. The normalized spacial score (nSPS) is 10.4. The van der Waals surface area contributed by atoms with Gasteiger partial charge in [-0.05, 0) is 33.2 Å². The number of benzene rings is 1. The highest BCUT2D eigenvalue weighted by atomic mass is 16.5. The van der Waals surface area contributed by atoms with Crippen LogP contribution in [0.5, 0.6) is 5.75 Å². The van der Waals surface area contributed by atoms with Crippen molar-refractivity contribution in [2.24, 2.45) is 0 Å². The highest BCUT2D eigenvalue weighted by molar-refractivity contribution is 5.95. The van der Waals surface area contributed by atoms with E-state index in [2.05, 4.69) is 5.32 Å². The first-order valence-electron chi connectivity index (χ1n) is 5.99. The molecule has 1 aromatic rings. The number of amides is 1. The van der Waals surface area contributed by atoms with E-state index in [1.165, 1.54) is 0 Å². The van der Waals surface area contributed by atoms with Crippen LogP contribution in [0.3, 0.4) is 0 Å². The predicted molar refractivity (Wildman–Crippen MR) is 72.9 cm³/mol. The molecule has 100 valence electrons. The summed E-state index contributed by atoms with van der Waals surface area (Å²) in [5.74, 6) is 0.486. The summed E-state index contributed by atoms with van der Waals surface area (Å²) in [5.41, 5.74) is 6.79. The van der Waals surface area contributed by atoms with E-state index in [1.807, 2.05) is 25.9 Å². The quantitative estimate of drug-likeness (QED) is 0.739. The zero-order valence-corrected chi connectivity index (χ0v) is 11.2. The van der Waals surface area contributed by atoms with E-state index in [9.17, 15) is 4.79 Å². The van der Waals surface area contributed by atoms with Crippen LogP contribution in [-0.4, -0.2) is 44.6 Å².